The molecule has 32 heavy (non-hydrogen) atoms. The average molecular weight is 457 g/mol. The molecule has 0 aliphatic heterocycles. The van der Waals surface area contributed by atoms with Crippen LogP contribution in [0.4, 0.5) is 10.1 Å². The van der Waals surface area contributed by atoms with Gasteiger partial charge in [0.05, 0.1) is 10.6 Å². The number of sulfonamides is 1. The number of benzene rings is 2. The second-order valence-corrected chi connectivity index (χ2v) is 11.9. The molecule has 2 aromatic rings. The summed E-state index contributed by atoms with van der Waals surface area (Å²) in [6.07, 6.45) is 6.65. The lowest BCUT2D eigenvalue weighted by molar-refractivity contribution is -0.125. The number of nitrogens with one attached hydrogen (secondary N) is 1. The zero-order chi connectivity index (χ0) is 22.5. The van der Waals surface area contributed by atoms with Crippen LogP contribution in [0.3, 0.4) is 0 Å². The number of aryl methyl sites for hydroxylation is 1. The minimum atomic E-state index is -4.12. The topological polar surface area (TPSA) is 66.5 Å². The summed E-state index contributed by atoms with van der Waals surface area (Å²) in [7, 11) is -4.12. The van der Waals surface area contributed by atoms with Gasteiger partial charge in [0.15, 0.2) is 0 Å². The fraction of sp³-hybridized carbons (Fsp3) is 0.480. The van der Waals surface area contributed by atoms with Gasteiger partial charge in [0.2, 0.25) is 5.91 Å². The van der Waals surface area contributed by atoms with E-state index in [-0.39, 0.29) is 22.0 Å². The Morgan fingerprint density at radius 2 is 1.56 bits per heavy atom. The Morgan fingerprint density at radius 1 is 1.00 bits per heavy atom. The molecule has 0 radical (unpaired) electrons. The molecule has 0 atom stereocenters. The van der Waals surface area contributed by atoms with Crippen molar-refractivity contribution in [3.63, 3.8) is 0 Å². The smallest absolute Gasteiger partial charge is 0.264 e. The van der Waals surface area contributed by atoms with E-state index in [0.717, 1.165) is 29.1 Å². The molecule has 4 aliphatic carbocycles. The van der Waals surface area contributed by atoms with E-state index in [0.29, 0.717) is 17.8 Å². The minimum Gasteiger partial charge on any atom is -0.349 e. The predicted molar refractivity (Wildman–Crippen MR) is 121 cm³/mol. The van der Waals surface area contributed by atoms with Crippen LogP contribution in [-0.4, -0.2) is 26.4 Å². The van der Waals surface area contributed by atoms with Crippen LogP contribution in [-0.2, 0) is 14.8 Å². The third-order valence-electron chi connectivity index (χ3n) is 7.46. The lowest BCUT2D eigenvalue weighted by atomic mass is 9.53. The van der Waals surface area contributed by atoms with Gasteiger partial charge in [-0.3, -0.25) is 9.10 Å². The summed E-state index contributed by atoms with van der Waals surface area (Å²) in [6, 6.07) is 12.1. The van der Waals surface area contributed by atoms with Crippen molar-refractivity contribution in [2.24, 2.45) is 17.8 Å². The molecule has 4 fully saturated rings. The molecule has 5 nitrogen and oxygen atoms in total. The van der Waals surface area contributed by atoms with Gasteiger partial charge in [0.1, 0.15) is 12.4 Å². The fourth-order valence-corrected chi connectivity index (χ4v) is 7.95. The van der Waals surface area contributed by atoms with Crippen molar-refractivity contribution in [3.05, 3.63) is 59.9 Å². The summed E-state index contributed by atoms with van der Waals surface area (Å²) in [5.41, 5.74) is 0.565. The van der Waals surface area contributed by atoms with Crippen molar-refractivity contribution in [2.45, 2.75) is 55.9 Å². The molecule has 7 heteroatoms. The molecule has 0 aromatic heterocycles. The first-order chi connectivity index (χ1) is 15.2. The number of anilines is 1. The lowest BCUT2D eigenvalue weighted by Gasteiger charge is -2.57. The first-order valence-electron chi connectivity index (χ1n) is 11.4. The van der Waals surface area contributed by atoms with E-state index in [9.17, 15) is 17.6 Å². The number of carbonyl (C=O) groups excluding carboxylic acids is 1. The van der Waals surface area contributed by atoms with E-state index >= 15 is 0 Å². The maximum atomic E-state index is 14.7. The van der Waals surface area contributed by atoms with Crippen LogP contribution < -0.4 is 9.62 Å². The SMILES string of the molecule is Cc1ccc(S(=O)(=O)N(CC(=O)NC23CC4CC(CC(C4)C2)C3)c2ccccc2F)cc1. The van der Waals surface area contributed by atoms with Gasteiger partial charge in [-0.2, -0.15) is 0 Å². The zero-order valence-electron chi connectivity index (χ0n) is 18.3. The second-order valence-electron chi connectivity index (χ2n) is 10.0. The molecule has 0 spiro atoms. The van der Waals surface area contributed by atoms with Gasteiger partial charge in [0, 0.05) is 5.54 Å². The normalized spacial score (nSPS) is 28.5. The molecule has 0 saturated heterocycles. The average Bonchev–Trinajstić information content (AvgIpc) is 2.71. The van der Waals surface area contributed by atoms with Crippen LogP contribution in [0.5, 0.6) is 0 Å². The first-order valence-corrected chi connectivity index (χ1v) is 12.8. The van der Waals surface area contributed by atoms with E-state index in [2.05, 4.69) is 5.32 Å². The number of halogens is 1. The molecule has 4 saturated carbocycles. The molecule has 4 aliphatic rings. The minimum absolute atomic E-state index is 0.0361. The Labute approximate surface area is 189 Å². The summed E-state index contributed by atoms with van der Waals surface area (Å²) < 4.78 is 42.5. The lowest BCUT2D eigenvalue weighted by Crippen LogP contribution is -2.61. The van der Waals surface area contributed by atoms with Gasteiger partial charge in [-0.1, -0.05) is 29.8 Å². The Bertz CT molecular complexity index is 1090. The van der Waals surface area contributed by atoms with Crippen LogP contribution in [0.15, 0.2) is 53.4 Å². The number of amides is 1. The van der Waals surface area contributed by atoms with E-state index in [4.69, 9.17) is 0 Å². The molecule has 170 valence electrons. The maximum Gasteiger partial charge on any atom is 0.264 e. The zero-order valence-corrected chi connectivity index (χ0v) is 19.1. The summed E-state index contributed by atoms with van der Waals surface area (Å²) in [5, 5.41) is 3.21. The molecule has 0 unspecified atom stereocenters. The number of para-hydroxylation sites is 1. The van der Waals surface area contributed by atoms with Crippen LogP contribution in [0.1, 0.15) is 44.1 Å². The molecule has 1 N–H and O–H groups in total. The quantitative estimate of drug-likeness (QED) is 0.700. The van der Waals surface area contributed by atoms with Crippen LogP contribution in [0.25, 0.3) is 0 Å². The third kappa shape index (κ3) is 3.91. The highest BCUT2D eigenvalue weighted by molar-refractivity contribution is 7.92. The predicted octanol–water partition coefficient (Wildman–Crippen LogP) is 4.41. The number of rotatable bonds is 6. The Balaban J connectivity index is 1.43. The summed E-state index contributed by atoms with van der Waals surface area (Å²) in [5.74, 6) is 0.915. The van der Waals surface area contributed by atoms with Crippen LogP contribution in [0, 0.1) is 30.5 Å². The highest BCUT2D eigenvalue weighted by Gasteiger charge is 2.51. The first kappa shape index (κ1) is 21.4. The maximum absolute atomic E-state index is 14.7. The highest BCUT2D eigenvalue weighted by Crippen LogP contribution is 2.55. The van der Waals surface area contributed by atoms with E-state index in [1.165, 1.54) is 49.6 Å². The van der Waals surface area contributed by atoms with Crippen molar-refractivity contribution in [1.29, 1.82) is 0 Å². The Kier molecular flexibility index (Phi) is 5.27. The molecule has 0 heterocycles. The van der Waals surface area contributed by atoms with Gasteiger partial charge in [0.25, 0.3) is 10.0 Å². The van der Waals surface area contributed by atoms with Gasteiger partial charge in [-0.15, -0.1) is 0 Å². The van der Waals surface area contributed by atoms with Crippen LogP contribution in [0.2, 0.25) is 0 Å². The molecule has 4 bridgehead atoms. The molecular formula is C25H29FN2O3S. The summed E-state index contributed by atoms with van der Waals surface area (Å²) in [6.45, 7) is 1.42. The third-order valence-corrected chi connectivity index (χ3v) is 9.23. The number of carbonyl (C=O) groups is 1. The standard InChI is InChI=1S/C25H29FN2O3S/c1-17-6-8-21(9-7-17)32(30,31)28(23-5-3-2-4-22(23)26)16-24(29)27-25-13-18-10-19(14-25)12-20(11-18)15-25/h2-9,18-20H,10-16H2,1H3,(H,27,29). The second kappa shape index (κ2) is 7.87. The number of nitrogens with zero attached hydrogens (tertiary/aromatic N) is 1. The molecule has 1 amide bonds. The van der Waals surface area contributed by atoms with Crippen molar-refractivity contribution in [3.8, 4) is 0 Å². The molecule has 6 rings (SSSR count). The van der Waals surface area contributed by atoms with Crippen molar-refractivity contribution < 1.29 is 17.6 Å². The summed E-state index contributed by atoms with van der Waals surface area (Å²) in [4.78, 5) is 13.3. The highest BCUT2D eigenvalue weighted by atomic mass is 32.2. The van der Waals surface area contributed by atoms with E-state index in [1.807, 2.05) is 6.92 Å². The van der Waals surface area contributed by atoms with Gasteiger partial charge in [-0.25, -0.2) is 12.8 Å². The largest absolute Gasteiger partial charge is 0.349 e. The van der Waals surface area contributed by atoms with Gasteiger partial charge >= 0.3 is 0 Å². The fourth-order valence-electron chi connectivity index (χ4n) is 6.52. The Morgan fingerprint density at radius 3 is 2.12 bits per heavy atom. The van der Waals surface area contributed by atoms with Crippen molar-refractivity contribution in [1.82, 2.24) is 5.32 Å². The number of hydrogen-bond donors (Lipinski definition) is 1. The summed E-state index contributed by atoms with van der Waals surface area (Å²) >= 11 is 0. The van der Waals surface area contributed by atoms with E-state index in [1.54, 1.807) is 18.2 Å². The van der Waals surface area contributed by atoms with E-state index < -0.39 is 22.4 Å². The van der Waals surface area contributed by atoms with Gasteiger partial charge < -0.3 is 5.32 Å². The van der Waals surface area contributed by atoms with Gasteiger partial charge in [-0.05, 0) is 87.5 Å². The Hall–Kier alpha value is -2.41. The monoisotopic (exact) mass is 456 g/mol. The number of hydrogen-bond acceptors (Lipinski definition) is 3. The van der Waals surface area contributed by atoms with Crippen molar-refractivity contribution >= 4 is 21.6 Å². The molecule has 2 aromatic carbocycles. The van der Waals surface area contributed by atoms with Crippen LogP contribution >= 0.6 is 0 Å². The molecular weight excluding hydrogens is 427 g/mol. The van der Waals surface area contributed by atoms with Crippen molar-refractivity contribution in [2.75, 3.05) is 10.8 Å².